The highest BCUT2D eigenvalue weighted by atomic mass is 19.1. The molecule has 0 fully saturated rings. The van der Waals surface area contributed by atoms with Gasteiger partial charge in [0.2, 0.25) is 0 Å². The Hall–Kier alpha value is -4.59. The Labute approximate surface area is 187 Å². The van der Waals surface area contributed by atoms with E-state index in [2.05, 4.69) is 25.1 Å². The number of H-pyrrole nitrogens is 2. The molecule has 4 aromatic heterocycles. The highest BCUT2D eigenvalue weighted by molar-refractivity contribution is 5.97. The van der Waals surface area contributed by atoms with Gasteiger partial charge in [0.05, 0.1) is 18.8 Å². The van der Waals surface area contributed by atoms with Crippen LogP contribution in [0, 0.1) is 5.82 Å². The fourth-order valence-electron chi connectivity index (χ4n) is 3.98. The number of pyridine rings is 2. The summed E-state index contributed by atoms with van der Waals surface area (Å²) in [5.41, 5.74) is 5.71. The van der Waals surface area contributed by atoms with E-state index in [0.29, 0.717) is 39.6 Å². The first kappa shape index (κ1) is 19.1. The Morgan fingerprint density at radius 1 is 0.939 bits per heavy atom. The van der Waals surface area contributed by atoms with Crippen LogP contribution in [0.1, 0.15) is 0 Å². The van der Waals surface area contributed by atoms with Crippen molar-refractivity contribution in [2.24, 2.45) is 0 Å². The number of hydrogen-bond acceptors (Lipinski definition) is 5. The molecule has 4 heterocycles. The monoisotopic (exact) mass is 436 g/mol. The SMILES string of the molecule is COc1cncc(-c2ccc3[nH]nc(-c4nc5c(-c6ccccc6F)ccnc5[nH]4)c3c2)c1. The molecular formula is C25H17FN6O. The summed E-state index contributed by atoms with van der Waals surface area (Å²) in [4.78, 5) is 16.6. The average Bonchev–Trinajstić information content (AvgIpc) is 3.48. The number of nitrogens with zero attached hydrogens (tertiary/aromatic N) is 4. The van der Waals surface area contributed by atoms with Crippen molar-refractivity contribution in [1.29, 1.82) is 0 Å². The number of hydrogen-bond donors (Lipinski definition) is 2. The molecule has 7 nitrogen and oxygen atoms in total. The molecule has 0 aliphatic rings. The third kappa shape index (κ3) is 3.20. The second kappa shape index (κ2) is 7.52. The van der Waals surface area contributed by atoms with Gasteiger partial charge < -0.3 is 9.72 Å². The van der Waals surface area contributed by atoms with Gasteiger partial charge >= 0.3 is 0 Å². The zero-order valence-electron chi connectivity index (χ0n) is 17.5. The van der Waals surface area contributed by atoms with Gasteiger partial charge in [0.15, 0.2) is 11.5 Å². The normalized spacial score (nSPS) is 11.3. The lowest BCUT2D eigenvalue weighted by Gasteiger charge is -2.04. The van der Waals surface area contributed by atoms with Gasteiger partial charge in [-0.1, -0.05) is 24.3 Å². The van der Waals surface area contributed by atoms with Gasteiger partial charge in [0.1, 0.15) is 22.8 Å². The number of benzene rings is 2. The van der Waals surface area contributed by atoms with Gasteiger partial charge in [-0.3, -0.25) is 10.1 Å². The predicted octanol–water partition coefficient (Wildman–Crippen LogP) is 5.38. The smallest absolute Gasteiger partial charge is 0.160 e. The second-order valence-corrected chi connectivity index (χ2v) is 7.57. The fraction of sp³-hybridized carbons (Fsp3) is 0.0400. The summed E-state index contributed by atoms with van der Waals surface area (Å²) in [6.45, 7) is 0. The molecule has 2 aromatic carbocycles. The quantitative estimate of drug-likeness (QED) is 0.387. The van der Waals surface area contributed by atoms with E-state index in [4.69, 9.17) is 9.72 Å². The number of aromatic amines is 2. The van der Waals surface area contributed by atoms with Crippen molar-refractivity contribution in [2.45, 2.75) is 0 Å². The highest BCUT2D eigenvalue weighted by Gasteiger charge is 2.17. The third-order valence-corrected chi connectivity index (χ3v) is 5.62. The van der Waals surface area contributed by atoms with Crippen LogP contribution < -0.4 is 4.74 Å². The zero-order valence-corrected chi connectivity index (χ0v) is 17.5. The fourth-order valence-corrected chi connectivity index (χ4v) is 3.98. The molecule has 2 N–H and O–H groups in total. The van der Waals surface area contributed by atoms with Gasteiger partial charge in [-0.15, -0.1) is 0 Å². The van der Waals surface area contributed by atoms with Crippen molar-refractivity contribution in [3.8, 4) is 39.5 Å². The van der Waals surface area contributed by atoms with Gasteiger partial charge in [-0.05, 0) is 35.9 Å². The number of fused-ring (bicyclic) bond motifs is 2. The standard InChI is InChI=1S/C25H17FN6O/c1-33-16-10-15(12-27-13-16)14-6-7-21-19(11-14)23(32-31-21)25-29-22-18(8-9-28-24(22)30-25)17-4-2-3-5-20(17)26/h2-13H,1H3,(H,31,32)(H,28,29,30). The lowest BCUT2D eigenvalue weighted by molar-refractivity contribution is 0.413. The summed E-state index contributed by atoms with van der Waals surface area (Å²) >= 11 is 0. The van der Waals surface area contributed by atoms with Crippen LogP contribution in [0.5, 0.6) is 5.75 Å². The molecule has 0 saturated carbocycles. The summed E-state index contributed by atoms with van der Waals surface area (Å²) < 4.78 is 19.8. The van der Waals surface area contributed by atoms with Crippen LogP contribution in [0.3, 0.4) is 0 Å². The van der Waals surface area contributed by atoms with Gasteiger partial charge in [0.25, 0.3) is 0 Å². The first-order valence-corrected chi connectivity index (χ1v) is 10.3. The van der Waals surface area contributed by atoms with Gasteiger partial charge in [-0.25, -0.2) is 14.4 Å². The molecule has 0 aliphatic heterocycles. The largest absolute Gasteiger partial charge is 0.495 e. The Bertz CT molecular complexity index is 1640. The van der Waals surface area contributed by atoms with Crippen molar-refractivity contribution in [3.63, 3.8) is 0 Å². The maximum atomic E-state index is 14.5. The van der Waals surface area contributed by atoms with Crippen molar-refractivity contribution < 1.29 is 9.13 Å². The minimum absolute atomic E-state index is 0.309. The van der Waals surface area contributed by atoms with E-state index >= 15 is 0 Å². The molecule has 0 saturated heterocycles. The summed E-state index contributed by atoms with van der Waals surface area (Å²) in [6.07, 6.45) is 5.09. The van der Waals surface area contributed by atoms with Crippen molar-refractivity contribution in [1.82, 2.24) is 30.1 Å². The number of methoxy groups -OCH3 is 1. The molecule has 160 valence electrons. The molecule has 0 unspecified atom stereocenters. The van der Waals surface area contributed by atoms with E-state index in [0.717, 1.165) is 22.0 Å². The molecule has 0 spiro atoms. The minimum atomic E-state index is -0.309. The summed E-state index contributed by atoms with van der Waals surface area (Å²) in [7, 11) is 1.61. The Kier molecular flexibility index (Phi) is 4.36. The van der Waals surface area contributed by atoms with E-state index in [1.54, 1.807) is 50.0 Å². The predicted molar refractivity (Wildman–Crippen MR) is 124 cm³/mol. The molecule has 8 heteroatoms. The first-order chi connectivity index (χ1) is 16.2. The molecule has 0 bridgehead atoms. The topological polar surface area (TPSA) is 92.4 Å². The van der Waals surface area contributed by atoms with Gasteiger partial charge in [0, 0.05) is 34.5 Å². The third-order valence-electron chi connectivity index (χ3n) is 5.62. The Morgan fingerprint density at radius 3 is 2.73 bits per heavy atom. The van der Waals surface area contributed by atoms with Crippen molar-refractivity contribution >= 4 is 22.1 Å². The first-order valence-electron chi connectivity index (χ1n) is 10.3. The van der Waals surface area contributed by atoms with Crippen LogP contribution in [0.25, 0.3) is 55.8 Å². The Morgan fingerprint density at radius 2 is 1.85 bits per heavy atom. The zero-order chi connectivity index (χ0) is 22.4. The van der Waals surface area contributed by atoms with E-state index in [1.165, 1.54) is 6.07 Å². The molecule has 0 atom stereocenters. The Balaban J connectivity index is 1.50. The molecule has 6 rings (SSSR count). The van der Waals surface area contributed by atoms with Gasteiger partial charge in [-0.2, -0.15) is 5.10 Å². The molecule has 0 radical (unpaired) electrons. The molecule has 33 heavy (non-hydrogen) atoms. The molecular weight excluding hydrogens is 419 g/mol. The molecule has 0 amide bonds. The lowest BCUT2D eigenvalue weighted by Crippen LogP contribution is -1.87. The van der Waals surface area contributed by atoms with Crippen LogP contribution in [0.15, 0.2) is 73.2 Å². The maximum absolute atomic E-state index is 14.5. The maximum Gasteiger partial charge on any atom is 0.160 e. The average molecular weight is 436 g/mol. The summed E-state index contributed by atoms with van der Waals surface area (Å²) in [5.74, 6) is 0.925. The highest BCUT2D eigenvalue weighted by Crippen LogP contribution is 2.33. The number of aromatic nitrogens is 6. The van der Waals surface area contributed by atoms with E-state index in [1.807, 2.05) is 24.3 Å². The van der Waals surface area contributed by atoms with Crippen LogP contribution in [0.2, 0.25) is 0 Å². The van der Waals surface area contributed by atoms with Crippen molar-refractivity contribution in [2.75, 3.05) is 7.11 Å². The molecule has 0 aliphatic carbocycles. The van der Waals surface area contributed by atoms with Crippen LogP contribution >= 0.6 is 0 Å². The summed E-state index contributed by atoms with van der Waals surface area (Å²) in [5, 5.41) is 8.44. The van der Waals surface area contributed by atoms with E-state index < -0.39 is 0 Å². The lowest BCUT2D eigenvalue weighted by atomic mass is 10.0. The molecule has 6 aromatic rings. The van der Waals surface area contributed by atoms with Crippen LogP contribution in [-0.2, 0) is 0 Å². The number of rotatable bonds is 4. The number of imidazole rings is 1. The van der Waals surface area contributed by atoms with Crippen LogP contribution in [-0.4, -0.2) is 37.2 Å². The second-order valence-electron chi connectivity index (χ2n) is 7.57. The minimum Gasteiger partial charge on any atom is -0.495 e. The summed E-state index contributed by atoms with van der Waals surface area (Å²) in [6, 6.07) is 16.3. The van der Waals surface area contributed by atoms with Crippen LogP contribution in [0.4, 0.5) is 4.39 Å². The van der Waals surface area contributed by atoms with E-state index in [-0.39, 0.29) is 5.82 Å². The van der Waals surface area contributed by atoms with Crippen molar-refractivity contribution in [3.05, 3.63) is 79.0 Å². The number of nitrogens with one attached hydrogen (secondary N) is 2. The number of ether oxygens (including phenoxy) is 1. The number of halogens is 1. The van der Waals surface area contributed by atoms with E-state index in [9.17, 15) is 4.39 Å².